The van der Waals surface area contributed by atoms with Crippen LogP contribution in [0.2, 0.25) is 0 Å². The zero-order valence-corrected chi connectivity index (χ0v) is 41.7. The highest BCUT2D eigenvalue weighted by Gasteiger charge is 2.65. The molecule has 21 heteroatoms. The van der Waals surface area contributed by atoms with Gasteiger partial charge in [0.1, 0.15) is 19.1 Å². The van der Waals surface area contributed by atoms with Crippen molar-refractivity contribution in [1.29, 1.82) is 0 Å². The molecule has 390 valence electrons. The Morgan fingerprint density at radius 1 is 0.767 bits per heavy atom. The number of halogens is 3. The molecule has 0 fully saturated rings. The van der Waals surface area contributed by atoms with Crippen LogP contribution in [-0.2, 0) is 40.5 Å². The van der Waals surface area contributed by atoms with Gasteiger partial charge in [-0.2, -0.15) is 17.7 Å². The number of carbonyl (C=O) groups is 6. The predicted octanol–water partition coefficient (Wildman–Crippen LogP) is 4.97. The lowest BCUT2D eigenvalue weighted by Crippen LogP contribution is -2.54. The summed E-state index contributed by atoms with van der Waals surface area (Å²) in [6, 6.07) is 18.5. The Hall–Kier alpha value is -7.26. The number of rotatable bonds is 23. The minimum atomic E-state index is -4.77. The molecule has 0 unspecified atom stereocenters. The first-order valence-electron chi connectivity index (χ1n) is 24.1. The summed E-state index contributed by atoms with van der Waals surface area (Å²) in [7, 11) is 2.10. The fourth-order valence-electron chi connectivity index (χ4n) is 9.30. The third-order valence-corrected chi connectivity index (χ3v) is 13.5. The fourth-order valence-corrected chi connectivity index (χ4v) is 9.30. The van der Waals surface area contributed by atoms with Crippen molar-refractivity contribution in [3.63, 3.8) is 0 Å². The van der Waals surface area contributed by atoms with Crippen LogP contribution in [-0.4, -0.2) is 114 Å². The van der Waals surface area contributed by atoms with Crippen molar-refractivity contribution < 1.29 is 56.8 Å². The molecule has 3 aromatic rings. The number of hydroxylamine groups is 1. The summed E-state index contributed by atoms with van der Waals surface area (Å²) < 4.78 is 42.9. The summed E-state index contributed by atoms with van der Waals surface area (Å²) in [5.41, 5.74) is 5.07. The molecule has 3 aliphatic rings. The van der Waals surface area contributed by atoms with Gasteiger partial charge in [-0.25, -0.2) is 5.48 Å². The molecular formula is C52H64F3N10O8+. The van der Waals surface area contributed by atoms with Crippen molar-refractivity contribution in [3.8, 4) is 0 Å². The Kier molecular flexibility index (Phi) is 17.4. The number of alkyl halides is 3. The molecule has 6 amide bonds. The van der Waals surface area contributed by atoms with Gasteiger partial charge in [0.2, 0.25) is 29.3 Å². The van der Waals surface area contributed by atoms with Crippen molar-refractivity contribution in [3.05, 3.63) is 119 Å². The van der Waals surface area contributed by atoms with Gasteiger partial charge < -0.3 is 36.6 Å². The smallest absolute Gasteiger partial charge is 0.391 e. The topological polar surface area (TPSA) is 246 Å². The van der Waals surface area contributed by atoms with E-state index in [1.807, 2.05) is 6.07 Å². The van der Waals surface area contributed by atoms with E-state index in [0.29, 0.717) is 25.8 Å². The standard InChI is InChI=1S/C52H63F3N10O8/c1-32(66)45(48(72)61-73)60-44(69)31-57-43(68)30-58-47(71)37(59-46(70)33-24-26-34(27-25-33)51(62-63-51)52(53,54)55)18-11-13-28-56-42(67)23-12-14-29-65-39-20-10-8-17-36(39)50(4,5)41(65)22-15-21-40-49(2,3)35-16-7-9-19-38(35)64(40)6/h7-10,15-17,19-22,24-27,32,37,45,66H,11-14,18,23,28-31H2,1-6H3,(H6-,56,57,58,59,60,61,62,63,67,68,69,70,71,72,73)/p+1/t32-,37+,45+/m1/s1. The third kappa shape index (κ3) is 12.7. The van der Waals surface area contributed by atoms with E-state index in [9.17, 15) is 47.0 Å². The molecule has 0 saturated heterocycles. The average Bonchev–Trinajstić information content (AvgIpc) is 4.12. The molecule has 0 aromatic heterocycles. The van der Waals surface area contributed by atoms with E-state index in [1.54, 1.807) is 0 Å². The molecule has 0 saturated carbocycles. The van der Waals surface area contributed by atoms with Crippen LogP contribution in [0.25, 0.3) is 0 Å². The Balaban J connectivity index is 0.996. The molecule has 0 radical (unpaired) electrons. The second-order valence-electron chi connectivity index (χ2n) is 19.3. The van der Waals surface area contributed by atoms with Gasteiger partial charge in [0, 0.05) is 65.1 Å². The SMILES string of the molecule is C[C@@H](O)[C@H](NC(=O)CNC(=O)CNC(=O)[C@H](CCCCNC(=O)CCCCN1/C(=C/C=C/C2=[N+](C)c3ccccc3C2(C)C)C(C)(C)c2ccccc21)NC(=O)c1ccc(C2(C(F)(F)F)N=N2)cc1)C(=O)NO. The number of aliphatic hydroxyl groups excluding tert-OH is 1. The van der Waals surface area contributed by atoms with Crippen molar-refractivity contribution in [1.82, 2.24) is 32.1 Å². The number of benzene rings is 3. The summed E-state index contributed by atoms with van der Waals surface area (Å²) in [5, 5.41) is 37.1. The van der Waals surface area contributed by atoms with Crippen LogP contribution in [0.4, 0.5) is 24.5 Å². The van der Waals surface area contributed by atoms with E-state index in [-0.39, 0.29) is 47.3 Å². The number of nitrogens with one attached hydrogen (secondary N) is 6. The van der Waals surface area contributed by atoms with E-state index in [0.717, 1.165) is 42.1 Å². The first-order chi connectivity index (χ1) is 34.5. The molecule has 6 rings (SSSR count). The molecule has 8 N–H and O–H groups in total. The van der Waals surface area contributed by atoms with Gasteiger partial charge >= 0.3 is 11.8 Å². The van der Waals surface area contributed by atoms with Crippen LogP contribution in [0.5, 0.6) is 0 Å². The molecule has 0 aliphatic carbocycles. The maximum atomic E-state index is 13.6. The molecular weight excluding hydrogens is 950 g/mol. The van der Waals surface area contributed by atoms with E-state index >= 15 is 0 Å². The quantitative estimate of drug-likeness (QED) is 0.0276. The first kappa shape index (κ1) is 55.1. The van der Waals surface area contributed by atoms with Crippen LogP contribution in [0.15, 0.2) is 107 Å². The molecule has 3 heterocycles. The van der Waals surface area contributed by atoms with E-state index in [4.69, 9.17) is 5.21 Å². The minimum Gasteiger partial charge on any atom is -0.391 e. The second-order valence-corrected chi connectivity index (χ2v) is 19.3. The fraction of sp³-hybridized carbons (Fsp3) is 0.442. The lowest BCUT2D eigenvalue weighted by atomic mass is 9.81. The van der Waals surface area contributed by atoms with E-state index < -0.39 is 72.7 Å². The minimum absolute atomic E-state index is 0.0400. The number of carbonyl (C=O) groups excluding carboxylic acids is 6. The van der Waals surface area contributed by atoms with Gasteiger partial charge in [-0.05, 0) is 82.7 Å². The largest absolute Gasteiger partial charge is 0.442 e. The molecule has 3 aromatic carbocycles. The van der Waals surface area contributed by atoms with Crippen LogP contribution >= 0.6 is 0 Å². The number of hydrogen-bond acceptors (Lipinski definition) is 11. The number of nitrogens with zero attached hydrogens (tertiary/aromatic N) is 4. The first-order valence-corrected chi connectivity index (χ1v) is 24.1. The van der Waals surface area contributed by atoms with Gasteiger partial charge in [0.25, 0.3) is 11.8 Å². The number of para-hydroxylation sites is 2. The zero-order chi connectivity index (χ0) is 53.3. The summed E-state index contributed by atoms with van der Waals surface area (Å²) >= 11 is 0. The summed E-state index contributed by atoms with van der Waals surface area (Å²) in [5.74, 6) is -4.55. The lowest BCUT2D eigenvalue weighted by molar-refractivity contribution is -0.401. The van der Waals surface area contributed by atoms with Crippen molar-refractivity contribution in [2.75, 3.05) is 38.1 Å². The highest BCUT2D eigenvalue weighted by Crippen LogP contribution is 2.52. The van der Waals surface area contributed by atoms with Crippen LogP contribution in [0.3, 0.4) is 0 Å². The molecule has 3 atom stereocenters. The summed E-state index contributed by atoms with van der Waals surface area (Å²) in [4.78, 5) is 78.6. The number of amides is 6. The van der Waals surface area contributed by atoms with Crippen LogP contribution in [0, 0.1) is 0 Å². The van der Waals surface area contributed by atoms with Crippen molar-refractivity contribution in [2.24, 2.45) is 10.2 Å². The molecule has 0 bridgehead atoms. The Labute approximate surface area is 421 Å². The maximum Gasteiger partial charge on any atom is 0.442 e. The highest BCUT2D eigenvalue weighted by molar-refractivity contribution is 6.03. The van der Waals surface area contributed by atoms with E-state index in [1.165, 1.54) is 34.9 Å². The Morgan fingerprint density at radius 2 is 1.42 bits per heavy atom. The highest BCUT2D eigenvalue weighted by atomic mass is 19.4. The lowest BCUT2D eigenvalue weighted by Gasteiger charge is -2.27. The Bertz CT molecular complexity index is 2690. The summed E-state index contributed by atoms with van der Waals surface area (Å²) in [6.07, 6.45) is 2.79. The Morgan fingerprint density at radius 3 is 2.07 bits per heavy atom. The van der Waals surface area contributed by atoms with Gasteiger partial charge in [0.15, 0.2) is 5.71 Å². The zero-order valence-electron chi connectivity index (χ0n) is 41.7. The molecule has 3 aliphatic heterocycles. The van der Waals surface area contributed by atoms with Gasteiger partial charge in [0.05, 0.1) is 24.6 Å². The van der Waals surface area contributed by atoms with Crippen molar-refractivity contribution >= 4 is 52.5 Å². The van der Waals surface area contributed by atoms with Crippen LogP contribution in [0.1, 0.15) is 100 Å². The average molecular weight is 1010 g/mol. The summed E-state index contributed by atoms with van der Waals surface area (Å²) in [6.45, 7) is 9.78. The molecule has 73 heavy (non-hydrogen) atoms. The van der Waals surface area contributed by atoms with E-state index in [2.05, 4.69) is 142 Å². The van der Waals surface area contributed by atoms with Gasteiger partial charge in [-0.15, -0.1) is 10.2 Å². The van der Waals surface area contributed by atoms with Crippen LogP contribution < -0.4 is 37.0 Å². The number of hydrogen-bond donors (Lipinski definition) is 8. The number of aliphatic hydroxyl groups is 1. The third-order valence-electron chi connectivity index (χ3n) is 13.5. The van der Waals surface area contributed by atoms with Gasteiger partial charge in [-0.3, -0.25) is 34.0 Å². The second kappa shape index (κ2) is 23.1. The normalized spacial score (nSPS) is 17.6. The number of anilines is 1. The molecule has 0 spiro atoms. The monoisotopic (exact) mass is 1010 g/mol. The van der Waals surface area contributed by atoms with Gasteiger partial charge in [-0.1, -0.05) is 68.5 Å². The number of allylic oxidation sites excluding steroid dienone is 4. The maximum absolute atomic E-state index is 13.6. The van der Waals surface area contributed by atoms with Crippen molar-refractivity contribution in [2.45, 2.75) is 114 Å². The molecule has 18 nitrogen and oxygen atoms in total. The predicted molar refractivity (Wildman–Crippen MR) is 265 cm³/mol. The number of fused-ring (bicyclic) bond motifs is 2. The number of unbranched alkanes of at least 4 members (excludes halogenated alkanes) is 2.